The molecule has 0 saturated heterocycles. The summed E-state index contributed by atoms with van der Waals surface area (Å²) in [7, 11) is 0. The average Bonchev–Trinajstić information content (AvgIpc) is 3.19. The summed E-state index contributed by atoms with van der Waals surface area (Å²) < 4.78 is 12.1. The van der Waals surface area contributed by atoms with Crippen molar-refractivity contribution in [3.63, 3.8) is 0 Å². The lowest BCUT2D eigenvalue weighted by atomic mass is 10.0. The van der Waals surface area contributed by atoms with Crippen molar-refractivity contribution in [2.45, 2.75) is 253 Å². The maximum Gasteiger partial charge on any atom is 0.306 e. The highest BCUT2D eigenvalue weighted by Gasteiger charge is 2.19. The van der Waals surface area contributed by atoms with Gasteiger partial charge in [0.25, 0.3) is 5.24 Å². The summed E-state index contributed by atoms with van der Waals surface area (Å²) in [5, 5.41) is 0.107. The summed E-state index contributed by atoms with van der Waals surface area (Å²) in [5.74, 6) is 0.624. The number of unbranched alkanes of at least 4 members (excludes halogenated alkanes) is 18. The van der Waals surface area contributed by atoms with Crippen molar-refractivity contribution in [2.24, 2.45) is 0 Å². The number of esters is 2. The number of hydrogen-bond acceptors (Lipinski definition) is 7. The van der Waals surface area contributed by atoms with E-state index in [0.29, 0.717) is 32.4 Å². The molecule has 0 unspecified atom stereocenters. The first kappa shape index (κ1) is 54.7. The third-order valence-electron chi connectivity index (χ3n) is 11.2. The molecule has 0 aliphatic carbocycles. The minimum atomic E-state index is -0.116. The normalized spacial score (nSPS) is 11.6. The number of amides is 1. The van der Waals surface area contributed by atoms with Gasteiger partial charge in [0.15, 0.2) is 0 Å². The summed E-state index contributed by atoms with van der Waals surface area (Å²) >= 11 is 1.41. The number of nitrogens with zero attached hydrogens (tertiary/aromatic N) is 2. The highest BCUT2D eigenvalue weighted by atomic mass is 32.2. The zero-order valence-electron chi connectivity index (χ0n) is 38.2. The van der Waals surface area contributed by atoms with E-state index >= 15 is 0 Å². The molecule has 0 rings (SSSR count). The second kappa shape index (κ2) is 41.9. The summed E-state index contributed by atoms with van der Waals surface area (Å²) in [6.07, 6.45) is 33.4. The Morgan fingerprint density at radius 3 is 1.21 bits per heavy atom. The van der Waals surface area contributed by atoms with Crippen LogP contribution in [0.5, 0.6) is 0 Å². The van der Waals surface area contributed by atoms with Crippen molar-refractivity contribution < 1.29 is 23.9 Å². The van der Waals surface area contributed by atoms with Gasteiger partial charge >= 0.3 is 11.9 Å². The first-order valence-corrected chi connectivity index (χ1v) is 25.4. The number of carbonyl (C=O) groups is 3. The van der Waals surface area contributed by atoms with Gasteiger partial charge in [0.2, 0.25) is 0 Å². The Bertz CT molecular complexity index is 858. The molecule has 0 aromatic rings. The number of rotatable bonds is 42. The standard InChI is InChI=1S/C48H94N2O5S/c1-7-13-17-21-26-34-44(35-27-22-18-14-8-2)54-46(51)38-30-25-31-41-50(48(53)56-43-33-40-49(11-5)12-6)42-32-39-47(52)55-45(36-28-23-19-15-9-3)37-29-24-20-16-10-4/h44-45H,7-43H2,1-6H3. The van der Waals surface area contributed by atoms with Gasteiger partial charge < -0.3 is 19.3 Å². The number of hydrogen-bond donors (Lipinski definition) is 0. The van der Waals surface area contributed by atoms with Crippen LogP contribution in [0.4, 0.5) is 4.79 Å². The SMILES string of the molecule is CCCCCCCC(CCCCCCC)OC(=O)CCCCCN(CCCC(=O)OC(CCCCCCC)CCCCCCC)C(=O)SCCCN(CC)CC. The van der Waals surface area contributed by atoms with Gasteiger partial charge in [-0.3, -0.25) is 14.4 Å². The van der Waals surface area contributed by atoms with E-state index in [2.05, 4.69) is 46.4 Å². The van der Waals surface area contributed by atoms with Crippen molar-refractivity contribution in [3.05, 3.63) is 0 Å². The molecule has 332 valence electrons. The van der Waals surface area contributed by atoms with E-state index in [4.69, 9.17) is 9.47 Å². The van der Waals surface area contributed by atoms with Gasteiger partial charge in [-0.1, -0.05) is 162 Å². The number of ether oxygens (including phenoxy) is 2. The van der Waals surface area contributed by atoms with E-state index in [-0.39, 0.29) is 29.4 Å². The van der Waals surface area contributed by atoms with Crippen LogP contribution in [0.15, 0.2) is 0 Å². The van der Waals surface area contributed by atoms with Crippen LogP contribution in [-0.2, 0) is 19.1 Å². The van der Waals surface area contributed by atoms with Crippen molar-refractivity contribution in [2.75, 3.05) is 38.5 Å². The predicted molar refractivity (Wildman–Crippen MR) is 243 cm³/mol. The van der Waals surface area contributed by atoms with Crippen LogP contribution in [0, 0.1) is 0 Å². The van der Waals surface area contributed by atoms with Gasteiger partial charge in [-0.2, -0.15) is 0 Å². The third-order valence-corrected chi connectivity index (χ3v) is 12.2. The highest BCUT2D eigenvalue weighted by Crippen LogP contribution is 2.20. The maximum absolute atomic E-state index is 13.4. The first-order valence-electron chi connectivity index (χ1n) is 24.4. The van der Waals surface area contributed by atoms with Crippen LogP contribution in [-0.4, -0.2) is 77.7 Å². The molecule has 7 nitrogen and oxygen atoms in total. The fourth-order valence-corrected chi connectivity index (χ4v) is 8.27. The fourth-order valence-electron chi connectivity index (χ4n) is 7.45. The Kier molecular flexibility index (Phi) is 40.9. The Morgan fingerprint density at radius 1 is 0.429 bits per heavy atom. The number of carbonyl (C=O) groups excluding carboxylic acids is 3. The first-order chi connectivity index (χ1) is 27.3. The zero-order valence-corrected chi connectivity index (χ0v) is 39.0. The lowest BCUT2D eigenvalue weighted by molar-refractivity contribution is -0.151. The van der Waals surface area contributed by atoms with E-state index in [0.717, 1.165) is 102 Å². The molecule has 56 heavy (non-hydrogen) atoms. The molecule has 0 aliphatic rings. The lowest BCUT2D eigenvalue weighted by Gasteiger charge is -2.23. The molecule has 8 heteroatoms. The van der Waals surface area contributed by atoms with Gasteiger partial charge in [-0.05, 0) is 96.7 Å². The third kappa shape index (κ3) is 34.7. The molecule has 0 N–H and O–H groups in total. The Hall–Kier alpha value is -1.28. The predicted octanol–water partition coefficient (Wildman–Crippen LogP) is 14.5. The van der Waals surface area contributed by atoms with Crippen LogP contribution < -0.4 is 0 Å². The van der Waals surface area contributed by atoms with Gasteiger partial charge in [-0.25, -0.2) is 0 Å². The number of thioether (sulfide) groups is 1. The van der Waals surface area contributed by atoms with Crippen molar-refractivity contribution in [1.82, 2.24) is 9.80 Å². The molecule has 0 heterocycles. The molecule has 0 aliphatic heterocycles. The Labute approximate surface area is 352 Å². The second-order valence-corrected chi connectivity index (χ2v) is 17.5. The molecule has 0 fully saturated rings. The highest BCUT2D eigenvalue weighted by molar-refractivity contribution is 8.13. The van der Waals surface area contributed by atoms with Gasteiger partial charge in [-0.15, -0.1) is 0 Å². The van der Waals surface area contributed by atoms with Crippen molar-refractivity contribution >= 4 is 28.9 Å². The fraction of sp³-hybridized carbons (Fsp3) is 0.938. The average molecular weight is 811 g/mol. The van der Waals surface area contributed by atoms with Crippen LogP contribution in [0.3, 0.4) is 0 Å². The lowest BCUT2D eigenvalue weighted by Crippen LogP contribution is -2.31. The Morgan fingerprint density at radius 2 is 0.804 bits per heavy atom. The summed E-state index contributed by atoms with van der Waals surface area (Å²) in [6, 6.07) is 0. The maximum atomic E-state index is 13.4. The molecule has 0 atom stereocenters. The zero-order chi connectivity index (χ0) is 41.3. The van der Waals surface area contributed by atoms with Crippen LogP contribution in [0.1, 0.15) is 241 Å². The smallest absolute Gasteiger partial charge is 0.306 e. The largest absolute Gasteiger partial charge is 0.462 e. The molecule has 0 radical (unpaired) electrons. The van der Waals surface area contributed by atoms with Crippen LogP contribution >= 0.6 is 11.8 Å². The molecule has 0 aromatic heterocycles. The van der Waals surface area contributed by atoms with Crippen LogP contribution in [0.2, 0.25) is 0 Å². The topological polar surface area (TPSA) is 76.1 Å². The summed E-state index contributed by atoms with van der Waals surface area (Å²) in [5.41, 5.74) is 0. The molecule has 0 spiro atoms. The molecule has 0 aromatic carbocycles. The monoisotopic (exact) mass is 811 g/mol. The van der Waals surface area contributed by atoms with E-state index in [1.54, 1.807) is 0 Å². The van der Waals surface area contributed by atoms with Crippen molar-refractivity contribution in [1.29, 1.82) is 0 Å². The molecule has 1 amide bonds. The van der Waals surface area contributed by atoms with E-state index in [1.807, 2.05) is 4.90 Å². The summed E-state index contributed by atoms with van der Waals surface area (Å²) in [4.78, 5) is 43.8. The van der Waals surface area contributed by atoms with Gasteiger partial charge in [0, 0.05) is 31.7 Å². The summed E-state index contributed by atoms with van der Waals surface area (Å²) in [6.45, 7) is 17.6. The van der Waals surface area contributed by atoms with Crippen LogP contribution in [0.25, 0.3) is 0 Å². The van der Waals surface area contributed by atoms with Gasteiger partial charge in [0.1, 0.15) is 12.2 Å². The molecular formula is C48H94N2O5S. The van der Waals surface area contributed by atoms with E-state index in [1.165, 1.54) is 114 Å². The van der Waals surface area contributed by atoms with Gasteiger partial charge in [0.05, 0.1) is 0 Å². The Balaban J connectivity index is 5.04. The molecular weight excluding hydrogens is 717 g/mol. The minimum absolute atomic E-state index is 0.0170. The minimum Gasteiger partial charge on any atom is -0.462 e. The van der Waals surface area contributed by atoms with Crippen molar-refractivity contribution in [3.8, 4) is 0 Å². The second-order valence-electron chi connectivity index (χ2n) is 16.4. The molecule has 0 saturated carbocycles. The quantitative estimate of drug-likeness (QED) is 0.0449. The molecule has 0 bridgehead atoms. The van der Waals surface area contributed by atoms with E-state index in [9.17, 15) is 14.4 Å². The van der Waals surface area contributed by atoms with E-state index < -0.39 is 0 Å².